The van der Waals surface area contributed by atoms with Crippen molar-refractivity contribution in [2.24, 2.45) is 0 Å². The van der Waals surface area contributed by atoms with Crippen LogP contribution in [0.3, 0.4) is 0 Å². The fraction of sp³-hybridized carbons (Fsp3) is 0.458. The molecule has 1 saturated heterocycles. The summed E-state index contributed by atoms with van der Waals surface area (Å²) in [4.78, 5) is 36.8. The lowest BCUT2D eigenvalue weighted by Crippen LogP contribution is -2.42. The Morgan fingerprint density at radius 2 is 2.06 bits per heavy atom. The summed E-state index contributed by atoms with van der Waals surface area (Å²) in [5.41, 5.74) is 1.58. The molecule has 2 amide bonds. The molecule has 164 valence electrons. The van der Waals surface area contributed by atoms with Crippen LogP contribution in [-0.4, -0.2) is 65.9 Å². The molecule has 2 aliphatic heterocycles. The highest BCUT2D eigenvalue weighted by Crippen LogP contribution is 2.36. The SMILES string of the molecule is CCN1CCCCC1CCN(C)CC(=O)N1c2ccccc2C(=O)Nc2cccnc21. The number of fused-ring (bicyclic) bond motifs is 2. The van der Waals surface area contributed by atoms with Crippen molar-refractivity contribution in [1.29, 1.82) is 0 Å². The minimum atomic E-state index is -0.231. The first-order valence-electron chi connectivity index (χ1n) is 11.2. The number of pyridine rings is 1. The molecule has 0 bridgehead atoms. The van der Waals surface area contributed by atoms with E-state index in [-0.39, 0.29) is 18.4 Å². The number of amides is 2. The lowest BCUT2D eigenvalue weighted by atomic mass is 9.99. The van der Waals surface area contributed by atoms with Crippen LogP contribution < -0.4 is 10.2 Å². The van der Waals surface area contributed by atoms with Gasteiger partial charge in [0.2, 0.25) is 5.91 Å². The van der Waals surface area contributed by atoms with E-state index in [0.717, 1.165) is 19.5 Å². The monoisotopic (exact) mass is 421 g/mol. The summed E-state index contributed by atoms with van der Waals surface area (Å²) >= 11 is 0. The average Bonchev–Trinajstić information content (AvgIpc) is 2.91. The maximum Gasteiger partial charge on any atom is 0.257 e. The Bertz CT molecular complexity index is 947. The molecule has 4 rings (SSSR count). The standard InChI is InChI=1S/C24H31N5O2/c1-3-28-15-7-6-9-18(28)13-16-27(2)17-22(30)29-21-12-5-4-10-19(21)24(31)26-20-11-8-14-25-23(20)29/h4-5,8,10-12,14,18H,3,6-7,9,13,15-17H2,1-2H3,(H,26,31). The van der Waals surface area contributed by atoms with E-state index in [4.69, 9.17) is 0 Å². The molecule has 1 atom stereocenters. The van der Waals surface area contributed by atoms with Gasteiger partial charge in [0.25, 0.3) is 5.91 Å². The first kappa shape index (κ1) is 21.5. The van der Waals surface area contributed by atoms with Crippen molar-refractivity contribution in [3.63, 3.8) is 0 Å². The number of likely N-dealkylation sites (N-methyl/N-ethyl adjacent to an activating group) is 1. The van der Waals surface area contributed by atoms with Crippen LogP contribution in [0.4, 0.5) is 17.2 Å². The van der Waals surface area contributed by atoms with Gasteiger partial charge in [-0.05, 0) is 70.2 Å². The van der Waals surface area contributed by atoms with Crippen molar-refractivity contribution < 1.29 is 9.59 Å². The predicted octanol–water partition coefficient (Wildman–Crippen LogP) is 3.51. The first-order valence-corrected chi connectivity index (χ1v) is 11.2. The zero-order valence-corrected chi connectivity index (χ0v) is 18.4. The number of aromatic nitrogens is 1. The first-order chi connectivity index (χ1) is 15.1. The minimum absolute atomic E-state index is 0.0950. The summed E-state index contributed by atoms with van der Waals surface area (Å²) in [7, 11) is 1.99. The number of anilines is 3. The Morgan fingerprint density at radius 3 is 2.90 bits per heavy atom. The number of nitrogens with zero attached hydrogens (tertiary/aromatic N) is 4. The highest BCUT2D eigenvalue weighted by Gasteiger charge is 2.30. The van der Waals surface area contributed by atoms with Gasteiger partial charge in [0.1, 0.15) is 0 Å². The van der Waals surface area contributed by atoms with Crippen LogP contribution in [0.1, 0.15) is 43.0 Å². The molecular weight excluding hydrogens is 390 g/mol. The Labute approximate surface area is 184 Å². The summed E-state index contributed by atoms with van der Waals surface area (Å²) in [5.74, 6) is 0.136. The highest BCUT2D eigenvalue weighted by atomic mass is 16.2. The Kier molecular flexibility index (Phi) is 6.63. The molecule has 0 saturated carbocycles. The van der Waals surface area contributed by atoms with E-state index in [1.807, 2.05) is 13.1 Å². The van der Waals surface area contributed by atoms with Gasteiger partial charge in [-0.3, -0.25) is 19.4 Å². The lowest BCUT2D eigenvalue weighted by Gasteiger charge is -2.36. The number of likely N-dealkylation sites (tertiary alicyclic amines) is 1. The van der Waals surface area contributed by atoms with Crippen molar-refractivity contribution in [3.8, 4) is 0 Å². The van der Waals surface area contributed by atoms with E-state index in [1.165, 1.54) is 25.8 Å². The summed E-state index contributed by atoms with van der Waals surface area (Å²) < 4.78 is 0. The second kappa shape index (κ2) is 9.58. The molecule has 7 heteroatoms. The molecule has 0 aliphatic carbocycles. The molecule has 2 aliphatic rings. The summed E-state index contributed by atoms with van der Waals surface area (Å²) in [5, 5.41) is 2.88. The third-order valence-electron chi connectivity index (χ3n) is 6.29. The van der Waals surface area contributed by atoms with Crippen LogP contribution in [0, 0.1) is 0 Å². The number of benzene rings is 1. The molecule has 1 unspecified atom stereocenters. The van der Waals surface area contributed by atoms with Gasteiger partial charge in [0, 0.05) is 12.2 Å². The number of hydrogen-bond acceptors (Lipinski definition) is 5. The van der Waals surface area contributed by atoms with Crippen molar-refractivity contribution in [1.82, 2.24) is 14.8 Å². The van der Waals surface area contributed by atoms with E-state index in [1.54, 1.807) is 41.4 Å². The molecule has 1 aromatic heterocycles. The third kappa shape index (κ3) is 4.62. The van der Waals surface area contributed by atoms with Gasteiger partial charge in [0.05, 0.1) is 23.5 Å². The van der Waals surface area contributed by atoms with Crippen molar-refractivity contribution in [3.05, 3.63) is 48.2 Å². The minimum Gasteiger partial charge on any atom is -0.319 e. The Balaban J connectivity index is 1.51. The molecule has 1 aromatic carbocycles. The predicted molar refractivity (Wildman–Crippen MR) is 123 cm³/mol. The number of carbonyl (C=O) groups is 2. The van der Waals surface area contributed by atoms with Crippen LogP contribution in [0.15, 0.2) is 42.6 Å². The highest BCUT2D eigenvalue weighted by molar-refractivity contribution is 6.17. The topological polar surface area (TPSA) is 68.8 Å². The lowest BCUT2D eigenvalue weighted by molar-refractivity contribution is -0.118. The van der Waals surface area contributed by atoms with Crippen LogP contribution in [0.5, 0.6) is 0 Å². The molecule has 7 nitrogen and oxygen atoms in total. The zero-order chi connectivity index (χ0) is 21.8. The Morgan fingerprint density at radius 1 is 1.23 bits per heavy atom. The smallest absolute Gasteiger partial charge is 0.257 e. The van der Waals surface area contributed by atoms with Gasteiger partial charge in [-0.2, -0.15) is 0 Å². The summed E-state index contributed by atoms with van der Waals surface area (Å²) in [6.07, 6.45) is 6.51. The van der Waals surface area contributed by atoms with Crippen LogP contribution in [0.25, 0.3) is 0 Å². The molecule has 1 N–H and O–H groups in total. The van der Waals surface area contributed by atoms with E-state index >= 15 is 0 Å². The third-order valence-corrected chi connectivity index (χ3v) is 6.29. The molecule has 0 spiro atoms. The number of piperidine rings is 1. The van der Waals surface area contributed by atoms with Gasteiger partial charge in [-0.1, -0.05) is 25.5 Å². The number of carbonyl (C=O) groups excluding carboxylic acids is 2. The van der Waals surface area contributed by atoms with Crippen LogP contribution in [0.2, 0.25) is 0 Å². The molecule has 0 radical (unpaired) electrons. The van der Waals surface area contributed by atoms with E-state index in [2.05, 4.69) is 27.0 Å². The van der Waals surface area contributed by atoms with Crippen molar-refractivity contribution in [2.75, 3.05) is 43.4 Å². The molecule has 31 heavy (non-hydrogen) atoms. The van der Waals surface area contributed by atoms with Gasteiger partial charge < -0.3 is 10.2 Å². The van der Waals surface area contributed by atoms with Crippen LogP contribution >= 0.6 is 0 Å². The number of nitrogens with one attached hydrogen (secondary N) is 1. The normalized spacial score (nSPS) is 18.9. The second-order valence-corrected chi connectivity index (χ2v) is 8.38. The molecule has 3 heterocycles. The van der Waals surface area contributed by atoms with Gasteiger partial charge >= 0.3 is 0 Å². The van der Waals surface area contributed by atoms with Gasteiger partial charge in [0.15, 0.2) is 5.82 Å². The van der Waals surface area contributed by atoms with Gasteiger partial charge in [-0.15, -0.1) is 0 Å². The molecule has 2 aromatic rings. The fourth-order valence-corrected chi connectivity index (χ4v) is 4.64. The Hall–Kier alpha value is -2.77. The largest absolute Gasteiger partial charge is 0.319 e. The second-order valence-electron chi connectivity index (χ2n) is 8.38. The maximum absolute atomic E-state index is 13.5. The number of rotatable bonds is 6. The fourth-order valence-electron chi connectivity index (χ4n) is 4.64. The van der Waals surface area contributed by atoms with E-state index in [9.17, 15) is 9.59 Å². The number of para-hydroxylation sites is 1. The van der Waals surface area contributed by atoms with Crippen molar-refractivity contribution in [2.45, 2.75) is 38.6 Å². The van der Waals surface area contributed by atoms with E-state index < -0.39 is 0 Å². The zero-order valence-electron chi connectivity index (χ0n) is 18.4. The number of hydrogen-bond donors (Lipinski definition) is 1. The summed E-state index contributed by atoms with van der Waals surface area (Å²) in [6.45, 7) is 5.60. The maximum atomic E-state index is 13.5. The summed E-state index contributed by atoms with van der Waals surface area (Å²) in [6, 6.07) is 11.3. The average molecular weight is 422 g/mol. The van der Waals surface area contributed by atoms with Crippen molar-refractivity contribution >= 4 is 29.0 Å². The van der Waals surface area contributed by atoms with E-state index in [0.29, 0.717) is 28.8 Å². The molecule has 1 fully saturated rings. The quantitative estimate of drug-likeness (QED) is 0.773. The molecular formula is C24H31N5O2. The van der Waals surface area contributed by atoms with Gasteiger partial charge in [-0.25, -0.2) is 4.98 Å². The van der Waals surface area contributed by atoms with Crippen LogP contribution in [-0.2, 0) is 4.79 Å².